The molecule has 3 N–H and O–H groups in total. The summed E-state index contributed by atoms with van der Waals surface area (Å²) in [6.07, 6.45) is 0. The van der Waals surface area contributed by atoms with Gasteiger partial charge < -0.3 is 15.2 Å². The number of carbonyl (C=O) groups is 1. The minimum absolute atomic E-state index is 0.200. The molecule has 0 fully saturated rings. The maximum atomic E-state index is 11.9. The van der Waals surface area contributed by atoms with Gasteiger partial charge in [0.1, 0.15) is 17.0 Å². The summed E-state index contributed by atoms with van der Waals surface area (Å²) < 4.78 is 10.5. The molecule has 114 valence electrons. The Balaban J connectivity index is 3.19. The van der Waals surface area contributed by atoms with Crippen molar-refractivity contribution in [2.75, 3.05) is 27.3 Å². The topological polar surface area (TPSA) is 122 Å². The van der Waals surface area contributed by atoms with Crippen molar-refractivity contribution in [1.29, 1.82) is 0 Å². The van der Waals surface area contributed by atoms with Gasteiger partial charge in [0.15, 0.2) is 0 Å². The largest absolute Gasteiger partial charge is 0.497 e. The van der Waals surface area contributed by atoms with Gasteiger partial charge in [-0.15, -0.1) is 0 Å². The molecule has 0 radical (unpaired) electrons. The van der Waals surface area contributed by atoms with E-state index in [0.29, 0.717) is 23.6 Å². The van der Waals surface area contributed by atoms with Gasteiger partial charge in [-0.3, -0.25) is 10.1 Å². The summed E-state index contributed by atoms with van der Waals surface area (Å²) in [5.41, 5.74) is 13.2. The zero-order chi connectivity index (χ0) is 15.9. The standard InChI is InChI=1S/C13H19N5O3/c1-13(12(14)19,16-6-7-17-18-15)10-8-9(20-2)4-5-11(10)21-3/h4-5,8,16H,6-7H2,1-3H3,(H2,14,19). The minimum atomic E-state index is -1.18. The van der Waals surface area contributed by atoms with E-state index in [9.17, 15) is 4.79 Å². The molecule has 0 aromatic heterocycles. The molecular weight excluding hydrogens is 274 g/mol. The average Bonchev–Trinajstić information content (AvgIpc) is 2.50. The van der Waals surface area contributed by atoms with Gasteiger partial charge in [0.05, 0.1) is 14.2 Å². The van der Waals surface area contributed by atoms with E-state index in [0.717, 1.165) is 0 Å². The van der Waals surface area contributed by atoms with E-state index in [-0.39, 0.29) is 6.54 Å². The van der Waals surface area contributed by atoms with Crippen LogP contribution in [0.5, 0.6) is 11.5 Å². The fraction of sp³-hybridized carbons (Fsp3) is 0.462. The van der Waals surface area contributed by atoms with Gasteiger partial charge in [-0.1, -0.05) is 5.11 Å². The van der Waals surface area contributed by atoms with Crippen molar-refractivity contribution in [3.8, 4) is 11.5 Å². The fourth-order valence-corrected chi connectivity index (χ4v) is 1.92. The molecule has 0 aliphatic rings. The Hall–Kier alpha value is -2.44. The maximum absolute atomic E-state index is 11.9. The van der Waals surface area contributed by atoms with Gasteiger partial charge in [-0.25, -0.2) is 0 Å². The van der Waals surface area contributed by atoms with E-state index in [2.05, 4.69) is 15.3 Å². The number of nitrogens with one attached hydrogen (secondary N) is 1. The predicted molar refractivity (Wildman–Crippen MR) is 78.1 cm³/mol. The summed E-state index contributed by atoms with van der Waals surface area (Å²) in [7, 11) is 3.04. The number of carbonyl (C=O) groups excluding carboxylic acids is 1. The van der Waals surface area contributed by atoms with E-state index in [1.807, 2.05) is 0 Å². The monoisotopic (exact) mass is 293 g/mol. The van der Waals surface area contributed by atoms with Crippen molar-refractivity contribution < 1.29 is 14.3 Å². The first-order chi connectivity index (χ1) is 9.99. The van der Waals surface area contributed by atoms with Crippen molar-refractivity contribution >= 4 is 5.91 Å². The molecule has 1 rings (SSSR count). The van der Waals surface area contributed by atoms with Crippen LogP contribution < -0.4 is 20.5 Å². The number of nitrogens with two attached hydrogens (primary N) is 1. The zero-order valence-corrected chi connectivity index (χ0v) is 12.3. The molecule has 0 saturated carbocycles. The van der Waals surface area contributed by atoms with Crippen LogP contribution in [0.1, 0.15) is 12.5 Å². The van der Waals surface area contributed by atoms with E-state index < -0.39 is 11.4 Å². The van der Waals surface area contributed by atoms with Crippen LogP contribution in [0.4, 0.5) is 0 Å². The smallest absolute Gasteiger partial charge is 0.242 e. The van der Waals surface area contributed by atoms with Gasteiger partial charge in [-0.05, 0) is 30.7 Å². The van der Waals surface area contributed by atoms with Crippen LogP contribution in [-0.4, -0.2) is 33.2 Å². The van der Waals surface area contributed by atoms with E-state index in [1.165, 1.54) is 14.2 Å². The summed E-state index contributed by atoms with van der Waals surface area (Å²) >= 11 is 0. The van der Waals surface area contributed by atoms with Crippen molar-refractivity contribution in [3.63, 3.8) is 0 Å². The van der Waals surface area contributed by atoms with E-state index >= 15 is 0 Å². The van der Waals surface area contributed by atoms with Crippen LogP contribution in [0.15, 0.2) is 23.3 Å². The molecule has 0 aliphatic carbocycles. The third-order valence-electron chi connectivity index (χ3n) is 3.19. The van der Waals surface area contributed by atoms with Gasteiger partial charge >= 0.3 is 0 Å². The summed E-state index contributed by atoms with van der Waals surface area (Å²) in [5, 5.41) is 6.41. The Morgan fingerprint density at radius 1 is 1.48 bits per heavy atom. The highest BCUT2D eigenvalue weighted by atomic mass is 16.5. The van der Waals surface area contributed by atoms with Crippen molar-refractivity contribution in [1.82, 2.24) is 5.32 Å². The molecule has 8 heteroatoms. The summed E-state index contributed by atoms with van der Waals surface area (Å²) in [6.45, 7) is 2.14. The Kier molecular flexibility index (Phi) is 5.83. The highest BCUT2D eigenvalue weighted by Crippen LogP contribution is 2.33. The zero-order valence-electron chi connectivity index (χ0n) is 12.3. The SMILES string of the molecule is COc1ccc(OC)c(C(C)(NCCN=[N+]=[N-])C(N)=O)c1. The number of ether oxygens (including phenoxy) is 2. The lowest BCUT2D eigenvalue weighted by atomic mass is 9.90. The molecule has 0 aliphatic heterocycles. The van der Waals surface area contributed by atoms with Gasteiger partial charge in [-0.2, -0.15) is 0 Å². The van der Waals surface area contributed by atoms with Crippen LogP contribution in [0.3, 0.4) is 0 Å². The first-order valence-electron chi connectivity index (χ1n) is 6.28. The second kappa shape index (κ2) is 7.37. The number of benzene rings is 1. The normalized spacial score (nSPS) is 12.9. The minimum Gasteiger partial charge on any atom is -0.497 e. The lowest BCUT2D eigenvalue weighted by Gasteiger charge is -2.29. The highest BCUT2D eigenvalue weighted by molar-refractivity contribution is 5.86. The third-order valence-corrected chi connectivity index (χ3v) is 3.19. The molecule has 1 atom stereocenters. The number of amides is 1. The summed E-state index contributed by atoms with van der Waals surface area (Å²) in [4.78, 5) is 14.6. The molecule has 1 aromatic carbocycles. The van der Waals surface area contributed by atoms with Crippen molar-refractivity contribution in [2.45, 2.75) is 12.5 Å². The molecule has 0 spiro atoms. The average molecular weight is 293 g/mol. The molecule has 1 amide bonds. The fourth-order valence-electron chi connectivity index (χ4n) is 1.92. The Morgan fingerprint density at radius 2 is 2.19 bits per heavy atom. The van der Waals surface area contributed by atoms with Gasteiger partial charge in [0.25, 0.3) is 0 Å². The highest BCUT2D eigenvalue weighted by Gasteiger charge is 2.35. The molecule has 1 aromatic rings. The van der Waals surface area contributed by atoms with Crippen LogP contribution >= 0.6 is 0 Å². The molecule has 21 heavy (non-hydrogen) atoms. The number of rotatable bonds is 8. The second-order valence-electron chi connectivity index (χ2n) is 4.44. The quantitative estimate of drug-likeness (QED) is 0.324. The van der Waals surface area contributed by atoms with Gasteiger partial charge in [0.2, 0.25) is 5.91 Å². The number of methoxy groups -OCH3 is 2. The number of nitrogens with zero attached hydrogens (tertiary/aromatic N) is 3. The molecule has 1 unspecified atom stereocenters. The lowest BCUT2D eigenvalue weighted by Crippen LogP contribution is -2.51. The summed E-state index contributed by atoms with van der Waals surface area (Å²) in [6, 6.07) is 5.11. The number of azide groups is 1. The molecular formula is C13H19N5O3. The van der Waals surface area contributed by atoms with Crippen LogP contribution in [0.25, 0.3) is 10.4 Å². The van der Waals surface area contributed by atoms with Crippen LogP contribution in [0, 0.1) is 0 Å². The Labute approximate surface area is 122 Å². The molecule has 0 bridgehead atoms. The van der Waals surface area contributed by atoms with Crippen molar-refractivity contribution in [2.24, 2.45) is 10.8 Å². The number of hydrogen-bond donors (Lipinski definition) is 2. The van der Waals surface area contributed by atoms with E-state index in [4.69, 9.17) is 20.7 Å². The Morgan fingerprint density at radius 3 is 2.71 bits per heavy atom. The maximum Gasteiger partial charge on any atom is 0.242 e. The van der Waals surface area contributed by atoms with Gasteiger partial charge in [0, 0.05) is 23.6 Å². The van der Waals surface area contributed by atoms with E-state index in [1.54, 1.807) is 25.1 Å². The first kappa shape index (κ1) is 16.6. The van der Waals surface area contributed by atoms with Crippen molar-refractivity contribution in [3.05, 3.63) is 34.2 Å². The summed E-state index contributed by atoms with van der Waals surface area (Å²) in [5.74, 6) is 0.512. The molecule has 0 heterocycles. The predicted octanol–water partition coefficient (Wildman–Crippen LogP) is 1.30. The second-order valence-corrected chi connectivity index (χ2v) is 4.44. The Bertz CT molecular complexity index is 557. The molecule has 0 saturated heterocycles. The van der Waals surface area contributed by atoms with Crippen LogP contribution in [-0.2, 0) is 10.3 Å². The van der Waals surface area contributed by atoms with Crippen LogP contribution in [0.2, 0.25) is 0 Å². The molecule has 8 nitrogen and oxygen atoms in total. The number of hydrogen-bond acceptors (Lipinski definition) is 5. The third kappa shape index (κ3) is 3.77. The number of primary amides is 1. The lowest BCUT2D eigenvalue weighted by molar-refractivity contribution is -0.124. The first-order valence-corrected chi connectivity index (χ1v) is 6.28.